The van der Waals surface area contributed by atoms with E-state index >= 15 is 0 Å². The summed E-state index contributed by atoms with van der Waals surface area (Å²) < 4.78 is 32.7. The van der Waals surface area contributed by atoms with Crippen molar-refractivity contribution in [1.29, 1.82) is 0 Å². The Labute approximate surface area is 225 Å². The summed E-state index contributed by atoms with van der Waals surface area (Å²) in [5.41, 5.74) is -5.63. The first kappa shape index (κ1) is 25.8. The van der Waals surface area contributed by atoms with Gasteiger partial charge in [-0.05, 0) is 18.9 Å². The molecule has 0 unspecified atom stereocenters. The van der Waals surface area contributed by atoms with Crippen LogP contribution in [0.25, 0.3) is 0 Å². The Hall–Kier alpha value is -2.18. The number of benzene rings is 1. The van der Waals surface area contributed by atoms with Gasteiger partial charge in [-0.3, -0.25) is 9.59 Å². The van der Waals surface area contributed by atoms with Crippen LogP contribution in [0.4, 0.5) is 0 Å². The van der Waals surface area contributed by atoms with Gasteiger partial charge in [-0.2, -0.15) is 0 Å². The number of ketones is 1. The number of fused-ring (bicyclic) bond motifs is 3. The Balaban J connectivity index is 1.55. The molecule has 1 aromatic rings. The molecule has 3 saturated carbocycles. The SMILES string of the molecule is C=C(C)[C@]12O[C@@]3(c4ccccc4)O[C@@H]1[C@@H]1[C@@H]4O[C@]4(CO)[C@@H](O)[C@@]4(O)C(=O)[C@H](C)C[C@H]4[C@@]1(O3)[C@@H](C)[C@@H]2OC(C)=O. The second kappa shape index (κ2) is 7.55. The van der Waals surface area contributed by atoms with Gasteiger partial charge < -0.3 is 39.0 Å². The van der Waals surface area contributed by atoms with Crippen LogP contribution in [0.1, 0.15) is 39.7 Å². The van der Waals surface area contributed by atoms with Gasteiger partial charge in [0.25, 0.3) is 0 Å². The van der Waals surface area contributed by atoms with Gasteiger partial charge in [-0.15, -0.1) is 0 Å². The summed E-state index contributed by atoms with van der Waals surface area (Å²) >= 11 is 0. The normalized spacial score (nSPS) is 54.4. The fraction of sp³-hybridized carbons (Fsp3) is 0.655. The van der Waals surface area contributed by atoms with Crippen molar-refractivity contribution in [3.05, 3.63) is 48.0 Å². The fourth-order valence-corrected chi connectivity index (χ4v) is 8.94. The van der Waals surface area contributed by atoms with Gasteiger partial charge in [0.05, 0.1) is 12.2 Å². The Kier molecular flexibility index (Phi) is 4.99. The minimum absolute atomic E-state index is 0.200. The summed E-state index contributed by atoms with van der Waals surface area (Å²) in [6.45, 7) is 10.2. The number of rotatable bonds is 4. The number of aliphatic hydroxyl groups is 3. The van der Waals surface area contributed by atoms with E-state index in [1.165, 1.54) is 6.92 Å². The summed E-state index contributed by atoms with van der Waals surface area (Å²) in [5.74, 6) is -5.81. The largest absolute Gasteiger partial charge is 0.459 e. The van der Waals surface area contributed by atoms with Crippen LogP contribution < -0.4 is 0 Å². The lowest BCUT2D eigenvalue weighted by Gasteiger charge is -2.61. The predicted molar refractivity (Wildman–Crippen MR) is 132 cm³/mol. The molecule has 1 aromatic carbocycles. The van der Waals surface area contributed by atoms with E-state index in [0.717, 1.165) is 0 Å². The second-order valence-electron chi connectivity index (χ2n) is 12.4. The van der Waals surface area contributed by atoms with Crippen molar-refractivity contribution in [2.45, 2.75) is 86.9 Å². The van der Waals surface area contributed by atoms with Crippen molar-refractivity contribution in [2.24, 2.45) is 23.7 Å². The van der Waals surface area contributed by atoms with Crippen LogP contribution in [0.3, 0.4) is 0 Å². The van der Waals surface area contributed by atoms with Crippen LogP contribution in [0.5, 0.6) is 0 Å². The molecule has 3 aliphatic heterocycles. The van der Waals surface area contributed by atoms with Crippen LogP contribution >= 0.6 is 0 Å². The number of esters is 1. The highest BCUT2D eigenvalue weighted by Gasteiger charge is 2.91. The van der Waals surface area contributed by atoms with Crippen molar-refractivity contribution in [3.8, 4) is 0 Å². The molecule has 3 bridgehead atoms. The summed E-state index contributed by atoms with van der Waals surface area (Å²) in [6, 6.07) is 9.06. The minimum atomic E-state index is -2.29. The third kappa shape index (κ3) is 2.63. The number of hydrogen-bond donors (Lipinski definition) is 3. The van der Waals surface area contributed by atoms with Crippen molar-refractivity contribution >= 4 is 11.8 Å². The summed E-state index contributed by atoms with van der Waals surface area (Å²) in [6.07, 6.45) is -4.18. The predicted octanol–water partition coefficient (Wildman–Crippen LogP) is 0.954. The highest BCUT2D eigenvalue weighted by Crippen LogP contribution is 2.74. The number of Topliss-reactive ketones (excluding diaryl/α,β-unsaturated/α-hetero) is 1. The molecule has 3 N–H and O–H groups in total. The van der Waals surface area contributed by atoms with Crippen molar-refractivity contribution in [2.75, 3.05) is 6.61 Å². The second-order valence-corrected chi connectivity index (χ2v) is 12.4. The minimum Gasteiger partial charge on any atom is -0.459 e. The molecule has 10 heteroatoms. The topological polar surface area (TPSA) is 144 Å². The average molecular weight is 543 g/mol. The van der Waals surface area contributed by atoms with E-state index in [-0.39, 0.29) is 6.42 Å². The van der Waals surface area contributed by atoms with Gasteiger partial charge in [-0.25, -0.2) is 0 Å². The van der Waals surface area contributed by atoms with Crippen molar-refractivity contribution in [1.82, 2.24) is 0 Å². The lowest BCUT2D eigenvalue weighted by Crippen LogP contribution is -2.76. The monoisotopic (exact) mass is 542 g/mol. The third-order valence-corrected chi connectivity index (χ3v) is 10.6. The quantitative estimate of drug-likeness (QED) is 0.286. The number of carbonyl (C=O) groups is 2. The molecular formula is C29H34O10. The first-order valence-electron chi connectivity index (χ1n) is 13.6. The number of hydrogen-bond acceptors (Lipinski definition) is 10. The van der Waals surface area contributed by atoms with E-state index in [2.05, 4.69) is 6.58 Å². The Morgan fingerprint density at radius 1 is 1.13 bits per heavy atom. The van der Waals surface area contributed by atoms with Gasteiger partial charge in [0.1, 0.15) is 30.0 Å². The van der Waals surface area contributed by atoms with E-state index < -0.39 is 94.8 Å². The first-order valence-corrected chi connectivity index (χ1v) is 13.6. The number of epoxide rings is 1. The molecule has 0 spiro atoms. The summed E-state index contributed by atoms with van der Waals surface area (Å²) in [5, 5.41) is 34.5. The Morgan fingerprint density at radius 2 is 1.82 bits per heavy atom. The molecule has 39 heavy (non-hydrogen) atoms. The molecule has 3 heterocycles. The molecule has 7 rings (SSSR count). The van der Waals surface area contributed by atoms with Gasteiger partial charge in [0.15, 0.2) is 17.0 Å². The van der Waals surface area contributed by atoms with E-state index in [0.29, 0.717) is 11.1 Å². The molecule has 3 saturated heterocycles. The third-order valence-electron chi connectivity index (χ3n) is 10.6. The van der Waals surface area contributed by atoms with E-state index in [1.54, 1.807) is 26.0 Å². The number of carbonyl (C=O) groups excluding carboxylic acids is 2. The average Bonchev–Trinajstić information content (AvgIpc) is 3.53. The lowest BCUT2D eigenvalue weighted by atomic mass is 9.52. The smallest absolute Gasteiger partial charge is 0.314 e. The Morgan fingerprint density at radius 3 is 2.44 bits per heavy atom. The molecule has 6 aliphatic rings. The number of aliphatic hydroxyl groups excluding tert-OH is 2. The lowest BCUT2D eigenvalue weighted by molar-refractivity contribution is -0.443. The zero-order chi connectivity index (χ0) is 27.9. The van der Waals surface area contributed by atoms with Gasteiger partial charge >= 0.3 is 11.9 Å². The van der Waals surface area contributed by atoms with E-state index in [4.69, 9.17) is 23.7 Å². The van der Waals surface area contributed by atoms with Crippen LogP contribution in [-0.4, -0.2) is 80.5 Å². The van der Waals surface area contributed by atoms with Crippen LogP contribution in [0, 0.1) is 23.7 Å². The van der Waals surface area contributed by atoms with Crippen molar-refractivity contribution in [3.63, 3.8) is 0 Å². The standard InChI is InChI=1S/C29H34O10/c1-13(2)27-21(35-16(5)31)15(4)28-18-11-14(3)20(32)26(18,34)24(33)25(12-30)22(36-25)19(28)23(27)37-29(38-27,39-28)17-9-7-6-8-10-17/h6-10,14-15,18-19,21-24,30,33-34H,1,11-12H2,2-5H3/t14-,15+,18-,19+,21+,22+,23-,24-,25+,26+,27-,28+,29-/m1/s1. The van der Waals surface area contributed by atoms with E-state index in [1.807, 2.05) is 25.1 Å². The highest BCUT2D eigenvalue weighted by molar-refractivity contribution is 5.93. The maximum absolute atomic E-state index is 13.7. The maximum atomic E-state index is 13.7. The van der Waals surface area contributed by atoms with Gasteiger partial charge in [0, 0.05) is 36.2 Å². The van der Waals surface area contributed by atoms with Crippen LogP contribution in [-0.2, 0) is 39.2 Å². The first-order chi connectivity index (χ1) is 18.4. The van der Waals surface area contributed by atoms with Gasteiger partial charge in [0.2, 0.25) is 0 Å². The molecule has 0 aromatic heterocycles. The Bertz CT molecular complexity index is 1280. The molecule has 210 valence electrons. The van der Waals surface area contributed by atoms with Crippen LogP contribution in [0.2, 0.25) is 0 Å². The molecule has 0 amide bonds. The zero-order valence-corrected chi connectivity index (χ0v) is 22.3. The molecule has 3 aliphatic carbocycles. The molecule has 10 nitrogen and oxygen atoms in total. The summed E-state index contributed by atoms with van der Waals surface area (Å²) in [7, 11) is 0. The summed E-state index contributed by atoms with van der Waals surface area (Å²) in [4.78, 5) is 26.2. The molecule has 13 atom stereocenters. The van der Waals surface area contributed by atoms with E-state index in [9.17, 15) is 24.9 Å². The number of ether oxygens (including phenoxy) is 5. The maximum Gasteiger partial charge on any atom is 0.314 e. The van der Waals surface area contributed by atoms with Crippen LogP contribution in [0.15, 0.2) is 42.5 Å². The highest BCUT2D eigenvalue weighted by atomic mass is 16.9. The zero-order valence-electron chi connectivity index (χ0n) is 22.3. The van der Waals surface area contributed by atoms with Crippen molar-refractivity contribution < 1.29 is 48.6 Å². The van der Waals surface area contributed by atoms with Gasteiger partial charge in [-0.1, -0.05) is 50.8 Å². The molecular weight excluding hydrogens is 508 g/mol. The molecule has 6 fully saturated rings. The molecule has 0 radical (unpaired) electrons. The fourth-order valence-electron chi connectivity index (χ4n) is 8.94.